The predicted octanol–water partition coefficient (Wildman–Crippen LogP) is 5.18. The molecule has 2 aliphatic carbocycles. The summed E-state index contributed by atoms with van der Waals surface area (Å²) in [5, 5.41) is 4.01. The van der Waals surface area contributed by atoms with Gasteiger partial charge in [0.05, 0.1) is 0 Å². The summed E-state index contributed by atoms with van der Waals surface area (Å²) in [6.07, 6.45) is 5.44. The maximum Gasteiger partial charge on any atom is 0.0388 e. The molecule has 0 amide bonds. The lowest BCUT2D eigenvalue weighted by Gasteiger charge is -2.44. The number of hydrogen-bond acceptors (Lipinski definition) is 2. The monoisotopic (exact) mass is 291 g/mol. The van der Waals surface area contributed by atoms with Crippen LogP contribution in [-0.4, -0.2) is 6.04 Å². The van der Waals surface area contributed by atoms with Gasteiger partial charge in [-0.15, -0.1) is 11.3 Å². The number of aryl methyl sites for hydroxylation is 1. The van der Waals surface area contributed by atoms with E-state index in [2.05, 4.69) is 52.1 Å². The first-order valence-electron chi connectivity index (χ1n) is 8.21. The van der Waals surface area contributed by atoms with Crippen LogP contribution in [0.25, 0.3) is 0 Å². The second kappa shape index (κ2) is 4.84. The van der Waals surface area contributed by atoms with Gasteiger partial charge in [0.1, 0.15) is 0 Å². The molecule has 0 spiro atoms. The van der Waals surface area contributed by atoms with Crippen LogP contribution in [0, 0.1) is 16.7 Å². The van der Waals surface area contributed by atoms with Crippen molar-refractivity contribution in [3.63, 3.8) is 0 Å². The molecule has 1 nitrogen and oxygen atoms in total. The maximum atomic E-state index is 4.01. The molecule has 2 heteroatoms. The predicted molar refractivity (Wildman–Crippen MR) is 88.3 cm³/mol. The summed E-state index contributed by atoms with van der Waals surface area (Å²) in [6, 6.07) is 5.77. The summed E-state index contributed by atoms with van der Waals surface area (Å²) in [6.45, 7) is 12.1. The average Bonchev–Trinajstić information content (AvgIpc) is 3.05. The van der Waals surface area contributed by atoms with E-state index in [1.165, 1.54) is 29.0 Å². The summed E-state index contributed by atoms with van der Waals surface area (Å²) in [4.78, 5) is 3.01. The molecular formula is C18H29NS. The van der Waals surface area contributed by atoms with Gasteiger partial charge in [0, 0.05) is 21.8 Å². The molecule has 1 heterocycles. The normalized spacial score (nSPS) is 36.5. The van der Waals surface area contributed by atoms with Crippen LogP contribution in [0.5, 0.6) is 0 Å². The topological polar surface area (TPSA) is 12.0 Å². The van der Waals surface area contributed by atoms with Crippen LogP contribution in [0.15, 0.2) is 12.1 Å². The molecular weight excluding hydrogens is 262 g/mol. The van der Waals surface area contributed by atoms with E-state index < -0.39 is 0 Å². The van der Waals surface area contributed by atoms with Crippen LogP contribution in [-0.2, 0) is 6.42 Å². The summed E-state index contributed by atoms with van der Waals surface area (Å²) in [5.74, 6) is 0.923. The van der Waals surface area contributed by atoms with E-state index in [-0.39, 0.29) is 0 Å². The van der Waals surface area contributed by atoms with Gasteiger partial charge in [0.2, 0.25) is 0 Å². The molecule has 112 valence electrons. The first-order chi connectivity index (χ1) is 9.37. The zero-order valence-electron chi connectivity index (χ0n) is 13.6. The third-order valence-electron chi connectivity index (χ3n) is 6.14. The first kappa shape index (κ1) is 14.6. The van der Waals surface area contributed by atoms with Gasteiger partial charge >= 0.3 is 0 Å². The molecule has 0 aromatic carbocycles. The third kappa shape index (κ3) is 2.16. The largest absolute Gasteiger partial charge is 0.306 e. The molecule has 2 bridgehead atoms. The van der Waals surface area contributed by atoms with E-state index >= 15 is 0 Å². The lowest BCUT2D eigenvalue weighted by Crippen LogP contribution is -2.50. The smallest absolute Gasteiger partial charge is 0.0388 e. The molecule has 2 fully saturated rings. The highest BCUT2D eigenvalue weighted by atomic mass is 32.1. The number of thiophene rings is 1. The minimum absolute atomic E-state index is 0.451. The van der Waals surface area contributed by atoms with E-state index in [9.17, 15) is 0 Å². The zero-order chi connectivity index (χ0) is 14.5. The fourth-order valence-electron chi connectivity index (χ4n) is 4.87. The van der Waals surface area contributed by atoms with Gasteiger partial charge in [-0.2, -0.15) is 0 Å². The van der Waals surface area contributed by atoms with E-state index in [0.29, 0.717) is 22.9 Å². The van der Waals surface area contributed by atoms with Gasteiger partial charge in [0.15, 0.2) is 0 Å². The summed E-state index contributed by atoms with van der Waals surface area (Å²) < 4.78 is 0. The van der Waals surface area contributed by atoms with Gasteiger partial charge in [-0.3, -0.25) is 0 Å². The first-order valence-corrected chi connectivity index (χ1v) is 9.03. The van der Waals surface area contributed by atoms with Crippen LogP contribution >= 0.6 is 11.3 Å². The molecule has 1 N–H and O–H groups in total. The molecule has 20 heavy (non-hydrogen) atoms. The molecule has 0 saturated heterocycles. The highest BCUT2D eigenvalue weighted by Gasteiger charge is 2.59. The summed E-state index contributed by atoms with van der Waals surface area (Å²) in [5.41, 5.74) is 0.972. The van der Waals surface area contributed by atoms with Crippen molar-refractivity contribution in [3.8, 4) is 0 Å². The van der Waals surface area contributed by atoms with Gasteiger partial charge < -0.3 is 5.32 Å². The molecule has 2 aliphatic rings. The number of fused-ring (bicyclic) bond motifs is 2. The molecule has 4 atom stereocenters. The van der Waals surface area contributed by atoms with Gasteiger partial charge in [-0.1, -0.05) is 27.7 Å². The SMILES string of the molecule is CCc1ccc(C(C)NC2C3(C)CCC(C3)C2(C)C)s1. The van der Waals surface area contributed by atoms with Gasteiger partial charge in [0.25, 0.3) is 0 Å². The fraction of sp³-hybridized carbons (Fsp3) is 0.778. The van der Waals surface area contributed by atoms with E-state index in [1.807, 2.05) is 11.3 Å². The van der Waals surface area contributed by atoms with Crippen LogP contribution in [0.3, 0.4) is 0 Å². The Hall–Kier alpha value is -0.340. The molecule has 2 saturated carbocycles. The Morgan fingerprint density at radius 3 is 2.65 bits per heavy atom. The third-order valence-corrected chi connectivity index (χ3v) is 7.56. The van der Waals surface area contributed by atoms with Crippen molar-refractivity contribution >= 4 is 11.3 Å². The Morgan fingerprint density at radius 2 is 2.10 bits per heavy atom. The fourth-order valence-corrected chi connectivity index (χ4v) is 5.83. The zero-order valence-corrected chi connectivity index (χ0v) is 14.4. The Kier molecular flexibility index (Phi) is 3.53. The number of rotatable bonds is 4. The van der Waals surface area contributed by atoms with Crippen molar-refractivity contribution in [3.05, 3.63) is 21.9 Å². The van der Waals surface area contributed by atoms with E-state index in [4.69, 9.17) is 0 Å². The minimum Gasteiger partial charge on any atom is -0.306 e. The Morgan fingerprint density at radius 1 is 1.35 bits per heavy atom. The highest BCUT2D eigenvalue weighted by Crippen LogP contribution is 2.62. The molecule has 0 aliphatic heterocycles. The van der Waals surface area contributed by atoms with Crippen molar-refractivity contribution in [2.45, 2.75) is 72.4 Å². The Bertz CT molecular complexity index is 485. The van der Waals surface area contributed by atoms with Crippen molar-refractivity contribution in [1.82, 2.24) is 5.32 Å². The standard InChI is InChI=1S/C18H29NS/c1-6-14-7-8-15(20-14)12(2)19-16-17(3,4)13-9-10-18(16,5)11-13/h7-8,12-13,16,19H,6,9-11H2,1-5H3. The summed E-state index contributed by atoms with van der Waals surface area (Å²) >= 11 is 1.98. The summed E-state index contributed by atoms with van der Waals surface area (Å²) in [7, 11) is 0. The number of hydrogen-bond donors (Lipinski definition) is 1. The van der Waals surface area contributed by atoms with Crippen molar-refractivity contribution < 1.29 is 0 Å². The van der Waals surface area contributed by atoms with E-state index in [1.54, 1.807) is 0 Å². The van der Waals surface area contributed by atoms with Gasteiger partial charge in [-0.25, -0.2) is 0 Å². The second-order valence-electron chi connectivity index (χ2n) is 7.89. The highest BCUT2D eigenvalue weighted by molar-refractivity contribution is 7.12. The van der Waals surface area contributed by atoms with Crippen molar-refractivity contribution in [2.24, 2.45) is 16.7 Å². The molecule has 1 aromatic rings. The molecule has 4 unspecified atom stereocenters. The van der Waals surface area contributed by atoms with Gasteiger partial charge in [-0.05, 0) is 61.5 Å². The van der Waals surface area contributed by atoms with Crippen molar-refractivity contribution in [2.75, 3.05) is 0 Å². The quantitative estimate of drug-likeness (QED) is 0.806. The van der Waals surface area contributed by atoms with Crippen LogP contribution in [0.1, 0.15) is 69.7 Å². The van der Waals surface area contributed by atoms with Crippen LogP contribution in [0.2, 0.25) is 0 Å². The second-order valence-corrected chi connectivity index (χ2v) is 9.09. The molecule has 0 radical (unpaired) electrons. The maximum absolute atomic E-state index is 4.01. The number of nitrogens with one attached hydrogen (secondary N) is 1. The van der Waals surface area contributed by atoms with Crippen molar-refractivity contribution in [1.29, 1.82) is 0 Å². The minimum atomic E-state index is 0.451. The lowest BCUT2D eigenvalue weighted by atomic mass is 9.68. The van der Waals surface area contributed by atoms with E-state index in [0.717, 1.165) is 12.3 Å². The van der Waals surface area contributed by atoms with Crippen LogP contribution < -0.4 is 5.32 Å². The molecule has 3 rings (SSSR count). The lowest BCUT2D eigenvalue weighted by molar-refractivity contribution is 0.101. The molecule has 1 aromatic heterocycles. The average molecular weight is 292 g/mol. The Balaban J connectivity index is 1.77. The van der Waals surface area contributed by atoms with Crippen LogP contribution in [0.4, 0.5) is 0 Å². The Labute approximate surface area is 128 Å².